The number of rotatable bonds is 7. The molecule has 2 N–H and O–H groups in total. The molecule has 0 aliphatic carbocycles. The van der Waals surface area contributed by atoms with Crippen LogP contribution in [0.15, 0.2) is 10.4 Å². The smallest absolute Gasteiger partial charge is 0.191 e. The van der Waals surface area contributed by atoms with E-state index in [9.17, 15) is 0 Å². The Bertz CT molecular complexity index is 485. The van der Waals surface area contributed by atoms with Gasteiger partial charge in [-0.25, -0.2) is 9.98 Å². The average Bonchev–Trinajstić information content (AvgIpc) is 3.03. The van der Waals surface area contributed by atoms with E-state index in [1.165, 1.54) is 32.4 Å². The van der Waals surface area contributed by atoms with Crippen molar-refractivity contribution < 1.29 is 0 Å². The summed E-state index contributed by atoms with van der Waals surface area (Å²) in [7, 11) is 4.02. The van der Waals surface area contributed by atoms with Crippen molar-refractivity contribution in [1.82, 2.24) is 20.5 Å². The molecule has 2 rings (SSSR count). The molecule has 1 aliphatic heterocycles. The zero-order valence-corrected chi connectivity index (χ0v) is 18.2. The van der Waals surface area contributed by atoms with Gasteiger partial charge < -0.3 is 20.4 Å². The van der Waals surface area contributed by atoms with Gasteiger partial charge in [0, 0.05) is 39.1 Å². The molecule has 0 unspecified atom stereocenters. The van der Waals surface area contributed by atoms with E-state index in [0.717, 1.165) is 36.4 Å². The number of hydrogen-bond donors (Lipinski definition) is 2. The van der Waals surface area contributed by atoms with Crippen LogP contribution >= 0.6 is 35.3 Å². The van der Waals surface area contributed by atoms with Crippen LogP contribution in [-0.2, 0) is 6.54 Å². The van der Waals surface area contributed by atoms with Gasteiger partial charge in [-0.3, -0.25) is 0 Å². The van der Waals surface area contributed by atoms with E-state index in [-0.39, 0.29) is 24.0 Å². The summed E-state index contributed by atoms with van der Waals surface area (Å²) in [5.41, 5.74) is 1.02. The van der Waals surface area contributed by atoms with Crippen LogP contribution in [0.5, 0.6) is 0 Å². The molecular weight excluding hydrogens is 435 g/mol. The Morgan fingerprint density at radius 3 is 2.67 bits per heavy atom. The van der Waals surface area contributed by atoms with E-state index >= 15 is 0 Å². The Morgan fingerprint density at radius 2 is 2.04 bits per heavy atom. The molecule has 2 heterocycles. The number of thiazole rings is 1. The van der Waals surface area contributed by atoms with E-state index in [1.54, 1.807) is 11.3 Å². The topological polar surface area (TPSA) is 55.8 Å². The van der Waals surface area contributed by atoms with Crippen molar-refractivity contribution in [2.45, 2.75) is 32.7 Å². The van der Waals surface area contributed by atoms with Gasteiger partial charge in [0.1, 0.15) is 0 Å². The Balaban J connectivity index is 0.00000288. The van der Waals surface area contributed by atoms with Crippen molar-refractivity contribution in [2.24, 2.45) is 4.99 Å². The van der Waals surface area contributed by atoms with E-state index in [4.69, 9.17) is 0 Å². The fraction of sp³-hybridized carbons (Fsp3) is 0.750. The van der Waals surface area contributed by atoms with Crippen molar-refractivity contribution in [3.8, 4) is 0 Å². The van der Waals surface area contributed by atoms with Crippen molar-refractivity contribution in [1.29, 1.82) is 0 Å². The molecule has 8 heteroatoms. The van der Waals surface area contributed by atoms with Gasteiger partial charge in [0.05, 0.1) is 12.2 Å². The van der Waals surface area contributed by atoms with E-state index in [0.29, 0.717) is 6.54 Å². The standard InChI is InChI=1S/C16H30N6S.HI/c1-4-17-15(18-8-11-22-9-6-5-7-10-22)19-12-14-13-23-16(20-14)21(2)3;/h13H,4-12H2,1-3H3,(H2,17,18,19);1H. The molecule has 0 amide bonds. The third kappa shape index (κ3) is 7.52. The second-order valence-corrected chi connectivity index (χ2v) is 6.88. The van der Waals surface area contributed by atoms with Crippen LogP contribution in [0, 0.1) is 0 Å². The number of hydrogen-bond acceptors (Lipinski definition) is 5. The molecule has 0 atom stereocenters. The molecule has 0 bridgehead atoms. The van der Waals surface area contributed by atoms with Crippen molar-refractivity contribution >= 4 is 46.4 Å². The zero-order chi connectivity index (χ0) is 16.5. The van der Waals surface area contributed by atoms with Gasteiger partial charge in [0.15, 0.2) is 11.1 Å². The highest BCUT2D eigenvalue weighted by Gasteiger charge is 2.09. The first kappa shape index (κ1) is 21.4. The molecule has 0 saturated carbocycles. The van der Waals surface area contributed by atoms with Gasteiger partial charge in [-0.1, -0.05) is 6.42 Å². The maximum absolute atomic E-state index is 4.64. The molecule has 1 aromatic rings. The average molecular weight is 466 g/mol. The molecule has 0 aromatic carbocycles. The van der Waals surface area contributed by atoms with Gasteiger partial charge in [0.2, 0.25) is 0 Å². The van der Waals surface area contributed by atoms with Gasteiger partial charge in [-0.2, -0.15) is 0 Å². The summed E-state index contributed by atoms with van der Waals surface area (Å²) in [5.74, 6) is 0.879. The molecule has 6 nitrogen and oxygen atoms in total. The van der Waals surface area contributed by atoms with Crippen LogP contribution in [0.1, 0.15) is 31.9 Å². The number of aliphatic imine (C=N–C) groups is 1. The minimum absolute atomic E-state index is 0. The number of halogens is 1. The highest BCUT2D eigenvalue weighted by atomic mass is 127. The molecule has 1 fully saturated rings. The Hall–Kier alpha value is -0.610. The lowest BCUT2D eigenvalue weighted by Gasteiger charge is -2.26. The molecule has 1 saturated heterocycles. The first-order valence-corrected chi connectivity index (χ1v) is 9.43. The highest BCUT2D eigenvalue weighted by molar-refractivity contribution is 14.0. The fourth-order valence-electron chi connectivity index (χ4n) is 2.59. The second kappa shape index (κ2) is 11.9. The van der Waals surface area contributed by atoms with Crippen LogP contribution in [-0.4, -0.2) is 62.7 Å². The maximum atomic E-state index is 4.64. The van der Waals surface area contributed by atoms with Gasteiger partial charge in [-0.05, 0) is 32.9 Å². The van der Waals surface area contributed by atoms with Crippen molar-refractivity contribution in [3.63, 3.8) is 0 Å². The summed E-state index contributed by atoms with van der Waals surface area (Å²) in [6.45, 7) is 8.08. The van der Waals surface area contributed by atoms with Crippen LogP contribution in [0.2, 0.25) is 0 Å². The van der Waals surface area contributed by atoms with Crippen LogP contribution in [0.25, 0.3) is 0 Å². The monoisotopic (exact) mass is 466 g/mol. The maximum Gasteiger partial charge on any atom is 0.191 e. The Kier molecular flexibility index (Phi) is 10.6. The van der Waals surface area contributed by atoms with Gasteiger partial charge >= 0.3 is 0 Å². The third-order valence-electron chi connectivity index (χ3n) is 3.83. The quantitative estimate of drug-likeness (QED) is 0.367. The third-order valence-corrected chi connectivity index (χ3v) is 4.89. The molecule has 0 spiro atoms. The Morgan fingerprint density at radius 1 is 1.29 bits per heavy atom. The van der Waals surface area contributed by atoms with Gasteiger partial charge in [-0.15, -0.1) is 35.3 Å². The molecule has 138 valence electrons. The zero-order valence-electron chi connectivity index (χ0n) is 15.0. The van der Waals surface area contributed by atoms with Crippen LogP contribution < -0.4 is 15.5 Å². The lowest BCUT2D eigenvalue weighted by molar-refractivity contribution is 0.232. The Labute approximate surface area is 167 Å². The lowest BCUT2D eigenvalue weighted by atomic mass is 10.1. The molecule has 1 aromatic heterocycles. The SMILES string of the molecule is CCNC(=NCc1csc(N(C)C)n1)NCCN1CCCCC1.I. The summed E-state index contributed by atoms with van der Waals surface area (Å²) in [5, 5.41) is 9.84. The summed E-state index contributed by atoms with van der Waals surface area (Å²) < 4.78 is 0. The predicted octanol–water partition coefficient (Wildman–Crippen LogP) is 2.37. The fourth-order valence-corrected chi connectivity index (χ4v) is 3.34. The summed E-state index contributed by atoms with van der Waals surface area (Å²) in [6, 6.07) is 0. The molecular formula is C16H31IN6S. The van der Waals surface area contributed by atoms with Crippen molar-refractivity contribution in [3.05, 3.63) is 11.1 Å². The minimum atomic E-state index is 0. The first-order chi connectivity index (χ1) is 11.2. The second-order valence-electron chi connectivity index (χ2n) is 6.04. The summed E-state index contributed by atoms with van der Waals surface area (Å²) in [4.78, 5) is 13.8. The van der Waals surface area contributed by atoms with E-state index in [1.807, 2.05) is 19.0 Å². The van der Waals surface area contributed by atoms with Crippen LogP contribution in [0.4, 0.5) is 5.13 Å². The number of anilines is 1. The minimum Gasteiger partial charge on any atom is -0.357 e. The number of nitrogens with one attached hydrogen (secondary N) is 2. The normalized spacial score (nSPS) is 15.7. The number of aromatic nitrogens is 1. The molecule has 0 radical (unpaired) electrons. The predicted molar refractivity (Wildman–Crippen MR) is 115 cm³/mol. The number of guanidine groups is 1. The van der Waals surface area contributed by atoms with E-state index < -0.39 is 0 Å². The number of nitrogens with zero attached hydrogens (tertiary/aromatic N) is 4. The van der Waals surface area contributed by atoms with Gasteiger partial charge in [0.25, 0.3) is 0 Å². The number of piperidine rings is 1. The molecule has 24 heavy (non-hydrogen) atoms. The summed E-state index contributed by atoms with van der Waals surface area (Å²) in [6.07, 6.45) is 4.06. The van der Waals surface area contributed by atoms with E-state index in [2.05, 4.69) is 37.8 Å². The van der Waals surface area contributed by atoms with Crippen LogP contribution in [0.3, 0.4) is 0 Å². The highest BCUT2D eigenvalue weighted by Crippen LogP contribution is 2.18. The number of likely N-dealkylation sites (tertiary alicyclic amines) is 1. The molecule has 1 aliphatic rings. The summed E-state index contributed by atoms with van der Waals surface area (Å²) >= 11 is 1.66. The first-order valence-electron chi connectivity index (χ1n) is 8.55. The largest absolute Gasteiger partial charge is 0.357 e. The van der Waals surface area contributed by atoms with Crippen molar-refractivity contribution in [2.75, 3.05) is 51.7 Å². The lowest BCUT2D eigenvalue weighted by Crippen LogP contribution is -2.42.